The summed E-state index contributed by atoms with van der Waals surface area (Å²) in [5, 5.41) is 8.93. The van der Waals surface area contributed by atoms with Crippen LogP contribution in [0.5, 0.6) is 23.0 Å². The molecule has 0 radical (unpaired) electrons. The Labute approximate surface area is 282 Å². The van der Waals surface area contributed by atoms with Gasteiger partial charge >= 0.3 is 6.16 Å². The molecule has 0 saturated carbocycles. The van der Waals surface area contributed by atoms with Crippen molar-refractivity contribution in [2.24, 2.45) is 5.73 Å². The molecule has 49 heavy (non-hydrogen) atoms. The van der Waals surface area contributed by atoms with Crippen LogP contribution in [0.25, 0.3) is 22.3 Å². The zero-order chi connectivity index (χ0) is 34.7. The molecule has 0 atom stereocenters. The van der Waals surface area contributed by atoms with Crippen molar-refractivity contribution >= 4 is 23.8 Å². The van der Waals surface area contributed by atoms with E-state index in [1.807, 2.05) is 19.9 Å². The number of hydrogen-bond acceptors (Lipinski definition) is 9. The Morgan fingerprint density at radius 3 is 2.14 bits per heavy atom. The molecule has 1 fully saturated rings. The fourth-order valence-electron chi connectivity index (χ4n) is 6.31. The van der Waals surface area contributed by atoms with Crippen LogP contribution in [0.4, 0.5) is 4.79 Å². The molecule has 12 heteroatoms. The lowest BCUT2D eigenvalue weighted by molar-refractivity contribution is -0.00574. The van der Waals surface area contributed by atoms with Crippen LogP contribution in [0.3, 0.4) is 0 Å². The Morgan fingerprint density at radius 2 is 1.53 bits per heavy atom. The van der Waals surface area contributed by atoms with Crippen molar-refractivity contribution in [2.45, 2.75) is 38.7 Å². The molecule has 252 valence electrons. The highest BCUT2D eigenvalue weighted by Gasteiger charge is 2.44. The van der Waals surface area contributed by atoms with Gasteiger partial charge in [0.05, 0.1) is 36.3 Å². The topological polar surface area (TPSA) is 168 Å². The zero-order valence-electron chi connectivity index (χ0n) is 27.1. The molecule has 0 aliphatic carbocycles. The number of pyridine rings is 1. The van der Waals surface area contributed by atoms with Gasteiger partial charge in [-0.25, -0.2) is 4.79 Å². The van der Waals surface area contributed by atoms with E-state index in [0.717, 1.165) is 5.56 Å². The molecule has 1 saturated heterocycles. The van der Waals surface area contributed by atoms with Crippen molar-refractivity contribution in [3.63, 3.8) is 0 Å². The van der Waals surface area contributed by atoms with Gasteiger partial charge < -0.3 is 34.7 Å². The van der Waals surface area contributed by atoms with E-state index in [-0.39, 0.29) is 29.4 Å². The van der Waals surface area contributed by atoms with E-state index in [2.05, 4.69) is 4.98 Å². The van der Waals surface area contributed by atoms with Crippen molar-refractivity contribution in [2.75, 3.05) is 26.3 Å². The summed E-state index contributed by atoms with van der Waals surface area (Å²) in [6, 6.07) is 16.8. The van der Waals surface area contributed by atoms with Crippen molar-refractivity contribution in [3.8, 4) is 45.3 Å². The Morgan fingerprint density at radius 1 is 0.878 bits per heavy atom. The molecule has 0 unspecified atom stereocenters. The van der Waals surface area contributed by atoms with Crippen molar-refractivity contribution in [1.82, 2.24) is 9.88 Å². The Hall–Kier alpha value is -5.91. The quantitative estimate of drug-likeness (QED) is 0.160. The van der Waals surface area contributed by atoms with Gasteiger partial charge in [0.15, 0.2) is 5.78 Å². The minimum Gasteiger partial charge on any atom is -0.493 e. The molecule has 1 aromatic heterocycles. The zero-order valence-corrected chi connectivity index (χ0v) is 27.1. The molecule has 2 aliphatic heterocycles. The molecule has 1 spiro atoms. The van der Waals surface area contributed by atoms with Gasteiger partial charge in [0.2, 0.25) is 5.91 Å². The van der Waals surface area contributed by atoms with Crippen LogP contribution in [0.2, 0.25) is 0 Å². The van der Waals surface area contributed by atoms with Crippen LogP contribution in [0.1, 0.15) is 64.2 Å². The van der Waals surface area contributed by atoms with E-state index in [4.69, 9.17) is 29.8 Å². The van der Waals surface area contributed by atoms with Crippen LogP contribution in [-0.2, 0) is 0 Å². The molecule has 3 N–H and O–H groups in total. The molecule has 3 heterocycles. The number of aromatic nitrogens is 1. The van der Waals surface area contributed by atoms with Gasteiger partial charge in [0.25, 0.3) is 5.91 Å². The van der Waals surface area contributed by atoms with Gasteiger partial charge in [0.1, 0.15) is 28.6 Å². The first-order valence-corrected chi connectivity index (χ1v) is 16.0. The maximum atomic E-state index is 13.9. The van der Waals surface area contributed by atoms with Gasteiger partial charge in [-0.05, 0) is 67.4 Å². The third-order valence-corrected chi connectivity index (χ3v) is 8.67. The molecule has 4 aromatic rings. The Kier molecular flexibility index (Phi) is 9.21. The SMILES string of the molecule is CCOc1cc(C(=O)N2CCC3(CC2)CC(=O)c2cc(-c4cncc(C(N)=O)c4)ccc2O3)cc(OCC)c1-c1ccc(OC(=O)O)cc1. The number of benzene rings is 3. The summed E-state index contributed by atoms with van der Waals surface area (Å²) in [4.78, 5) is 55.7. The first-order valence-electron chi connectivity index (χ1n) is 16.0. The molecular weight excluding hydrogens is 630 g/mol. The average molecular weight is 666 g/mol. The number of carboxylic acid groups (broad SMARTS) is 1. The first-order chi connectivity index (χ1) is 23.6. The van der Waals surface area contributed by atoms with E-state index in [9.17, 15) is 19.2 Å². The summed E-state index contributed by atoms with van der Waals surface area (Å²) in [5.41, 5.74) is 8.52. The normalized spacial score (nSPS) is 14.8. The number of hydrogen-bond donors (Lipinski definition) is 2. The second-order valence-corrected chi connectivity index (χ2v) is 11.8. The number of ketones is 1. The number of fused-ring (bicyclic) bond motifs is 1. The van der Waals surface area contributed by atoms with Gasteiger partial charge in [-0.15, -0.1) is 0 Å². The second kappa shape index (κ2) is 13.7. The standard InChI is InChI=1S/C37H35N3O9/c1-3-46-31-17-24(18-32(47-4-2)33(31)22-5-8-27(9-6-22)48-36(44)45)35(43)40-13-11-37(12-14-40)19-29(41)28-16-23(7-10-30(28)49-37)25-15-26(34(38)42)21-39-20-25/h5-10,15-18,20-21H,3-4,11-14,19H2,1-2H3,(H2,38,42)(H,44,45). The number of likely N-dealkylation sites (tertiary alicyclic amines) is 1. The molecule has 12 nitrogen and oxygen atoms in total. The third kappa shape index (κ3) is 6.89. The number of nitrogens with zero attached hydrogens (tertiary/aromatic N) is 2. The van der Waals surface area contributed by atoms with Crippen LogP contribution in [-0.4, -0.2) is 70.6 Å². The smallest absolute Gasteiger partial charge is 0.493 e. The minimum atomic E-state index is -1.41. The second-order valence-electron chi connectivity index (χ2n) is 11.8. The van der Waals surface area contributed by atoms with E-state index in [1.165, 1.54) is 18.3 Å². The predicted molar refractivity (Wildman–Crippen MR) is 179 cm³/mol. The molecule has 2 amide bonds. The summed E-state index contributed by atoms with van der Waals surface area (Å²) in [7, 11) is 0. The van der Waals surface area contributed by atoms with Crippen LogP contribution < -0.4 is 24.7 Å². The average Bonchev–Trinajstić information content (AvgIpc) is 3.09. The lowest BCUT2D eigenvalue weighted by Gasteiger charge is -2.44. The van der Waals surface area contributed by atoms with E-state index >= 15 is 0 Å². The van der Waals surface area contributed by atoms with Crippen LogP contribution in [0.15, 0.2) is 73.1 Å². The maximum Gasteiger partial charge on any atom is 0.511 e. The largest absolute Gasteiger partial charge is 0.511 e. The molecule has 2 aliphatic rings. The lowest BCUT2D eigenvalue weighted by atomic mass is 9.82. The highest BCUT2D eigenvalue weighted by molar-refractivity contribution is 6.02. The summed E-state index contributed by atoms with van der Waals surface area (Å²) in [6.07, 6.45) is 2.71. The number of primary amides is 1. The summed E-state index contributed by atoms with van der Waals surface area (Å²) in [6.45, 7) is 5.13. The number of Topliss-reactive ketones (excluding diaryl/α,β-unsaturated/α-hetero) is 1. The fraction of sp³-hybridized carbons (Fsp3) is 0.270. The van der Waals surface area contributed by atoms with Crippen molar-refractivity contribution in [3.05, 3.63) is 89.7 Å². The third-order valence-electron chi connectivity index (χ3n) is 8.67. The fourth-order valence-corrected chi connectivity index (χ4v) is 6.31. The van der Waals surface area contributed by atoms with Gasteiger partial charge in [-0.2, -0.15) is 0 Å². The number of amides is 2. The first kappa shape index (κ1) is 33.0. The maximum absolute atomic E-state index is 13.9. The van der Waals surface area contributed by atoms with Gasteiger partial charge in [0, 0.05) is 49.5 Å². The number of carbonyl (C=O) groups excluding carboxylic acids is 3. The number of piperidine rings is 1. The number of nitrogens with two attached hydrogens (primary N) is 1. The lowest BCUT2D eigenvalue weighted by Crippen LogP contribution is -2.52. The van der Waals surface area contributed by atoms with E-state index in [1.54, 1.807) is 53.6 Å². The number of ether oxygens (including phenoxy) is 4. The molecule has 6 rings (SSSR count). The van der Waals surface area contributed by atoms with Crippen molar-refractivity contribution < 1.29 is 43.2 Å². The number of carbonyl (C=O) groups is 4. The van der Waals surface area contributed by atoms with Gasteiger partial charge in [-0.3, -0.25) is 19.4 Å². The van der Waals surface area contributed by atoms with E-state index < -0.39 is 17.7 Å². The van der Waals surface area contributed by atoms with Crippen LogP contribution >= 0.6 is 0 Å². The van der Waals surface area contributed by atoms with Crippen molar-refractivity contribution in [1.29, 1.82) is 0 Å². The summed E-state index contributed by atoms with van der Waals surface area (Å²) < 4.78 is 23.2. The predicted octanol–water partition coefficient (Wildman–Crippen LogP) is 6.01. The molecule has 3 aromatic carbocycles. The van der Waals surface area contributed by atoms with Crippen LogP contribution in [0, 0.1) is 0 Å². The monoisotopic (exact) mass is 665 g/mol. The summed E-state index contributed by atoms with van der Waals surface area (Å²) in [5.74, 6) is 0.717. The highest BCUT2D eigenvalue weighted by atomic mass is 16.7. The molecule has 0 bridgehead atoms. The molecular formula is C37H35N3O9. The highest BCUT2D eigenvalue weighted by Crippen LogP contribution is 2.43. The minimum absolute atomic E-state index is 0.0530. The Balaban J connectivity index is 1.20. The van der Waals surface area contributed by atoms with E-state index in [0.29, 0.717) is 84.2 Å². The summed E-state index contributed by atoms with van der Waals surface area (Å²) >= 11 is 0. The van der Waals surface area contributed by atoms with Gasteiger partial charge in [-0.1, -0.05) is 18.2 Å². The Bertz CT molecular complexity index is 1910. The number of rotatable bonds is 9.